The second kappa shape index (κ2) is 5.79. The van der Waals surface area contributed by atoms with E-state index in [1.54, 1.807) is 0 Å². The van der Waals surface area contributed by atoms with Gasteiger partial charge in [0.1, 0.15) is 0 Å². The van der Waals surface area contributed by atoms with Gasteiger partial charge in [-0.15, -0.1) is 0 Å². The lowest BCUT2D eigenvalue weighted by Gasteiger charge is -2.29. The smallest absolute Gasteiger partial charge is 0.211 e. The van der Waals surface area contributed by atoms with Crippen molar-refractivity contribution in [1.29, 1.82) is 0 Å². The number of rotatable bonds is 5. The molecule has 0 aliphatic carbocycles. The fourth-order valence-electron chi connectivity index (χ4n) is 1.81. The van der Waals surface area contributed by atoms with Gasteiger partial charge in [-0.05, 0) is 39.4 Å². The minimum atomic E-state index is -3.07. The molecule has 1 fully saturated rings. The molecule has 1 aliphatic heterocycles. The first-order valence-corrected chi connectivity index (χ1v) is 7.00. The van der Waals surface area contributed by atoms with Crippen LogP contribution in [0.25, 0.3) is 0 Å². The first-order valence-electron chi connectivity index (χ1n) is 5.35. The van der Waals surface area contributed by atoms with Crippen molar-refractivity contribution in [2.75, 3.05) is 32.4 Å². The Morgan fingerprint density at radius 1 is 1.53 bits per heavy atom. The lowest BCUT2D eigenvalue weighted by atomic mass is 10.1. The zero-order valence-electron chi connectivity index (χ0n) is 9.15. The molecule has 90 valence electrons. The summed E-state index contributed by atoms with van der Waals surface area (Å²) in [6, 6.07) is 0. The van der Waals surface area contributed by atoms with E-state index in [9.17, 15) is 13.5 Å². The topological polar surface area (TPSA) is 69.6 Å². The Morgan fingerprint density at radius 3 is 2.87 bits per heavy atom. The first kappa shape index (κ1) is 12.9. The number of aliphatic hydroxyl groups excluding tert-OH is 1. The van der Waals surface area contributed by atoms with Crippen molar-refractivity contribution < 1.29 is 13.5 Å². The molecule has 1 rings (SSSR count). The van der Waals surface area contributed by atoms with Crippen molar-refractivity contribution >= 4 is 10.0 Å². The van der Waals surface area contributed by atoms with Gasteiger partial charge in [-0.25, -0.2) is 13.1 Å². The fraction of sp³-hybridized carbons (Fsp3) is 1.00. The first-order chi connectivity index (χ1) is 7.03. The molecule has 1 saturated heterocycles. The molecule has 1 heterocycles. The number of hydrogen-bond donors (Lipinski definition) is 2. The summed E-state index contributed by atoms with van der Waals surface area (Å²) in [5, 5.41) is 9.41. The summed E-state index contributed by atoms with van der Waals surface area (Å²) in [5.74, 6) is 0.163. The summed E-state index contributed by atoms with van der Waals surface area (Å²) >= 11 is 0. The Kier molecular flexibility index (Phi) is 4.98. The molecule has 0 aromatic heterocycles. The van der Waals surface area contributed by atoms with Gasteiger partial charge in [-0.2, -0.15) is 0 Å². The third-order valence-electron chi connectivity index (χ3n) is 2.68. The van der Waals surface area contributed by atoms with Crippen LogP contribution in [-0.2, 0) is 10.0 Å². The second-order valence-corrected chi connectivity index (χ2v) is 6.02. The van der Waals surface area contributed by atoms with E-state index >= 15 is 0 Å². The highest BCUT2D eigenvalue weighted by atomic mass is 32.2. The number of nitrogens with zero attached hydrogens (tertiary/aromatic N) is 1. The number of nitrogens with one attached hydrogen (secondary N) is 1. The number of hydrogen-bond acceptors (Lipinski definition) is 4. The molecule has 5 nitrogen and oxygen atoms in total. The second-order valence-electron chi connectivity index (χ2n) is 3.97. The number of piperidine rings is 1. The number of likely N-dealkylation sites (tertiary alicyclic amines) is 1. The van der Waals surface area contributed by atoms with E-state index in [0.717, 1.165) is 25.9 Å². The van der Waals surface area contributed by atoms with Crippen molar-refractivity contribution in [3.63, 3.8) is 0 Å². The predicted octanol–water partition coefficient (Wildman–Crippen LogP) is -0.618. The van der Waals surface area contributed by atoms with Crippen molar-refractivity contribution in [3.8, 4) is 0 Å². The molecule has 0 spiro atoms. The van der Waals surface area contributed by atoms with E-state index in [0.29, 0.717) is 13.0 Å². The van der Waals surface area contributed by atoms with Crippen LogP contribution in [-0.4, -0.2) is 57.0 Å². The van der Waals surface area contributed by atoms with Crippen LogP contribution in [0.3, 0.4) is 0 Å². The number of β-amino-alcohol motifs (C(OH)–C–C–N with tert-alkyl or cyclic N) is 1. The van der Waals surface area contributed by atoms with Crippen LogP contribution in [0.1, 0.15) is 19.3 Å². The Hall–Kier alpha value is -0.170. The highest BCUT2D eigenvalue weighted by Crippen LogP contribution is 2.09. The number of aliphatic hydroxyl groups is 1. The van der Waals surface area contributed by atoms with E-state index in [-0.39, 0.29) is 11.9 Å². The largest absolute Gasteiger partial charge is 0.392 e. The Balaban J connectivity index is 2.20. The highest BCUT2D eigenvalue weighted by Gasteiger charge is 2.17. The van der Waals surface area contributed by atoms with Crippen molar-refractivity contribution in [2.24, 2.45) is 0 Å². The summed E-state index contributed by atoms with van der Waals surface area (Å²) in [6.45, 7) is 2.40. The molecule has 2 N–H and O–H groups in total. The maximum atomic E-state index is 11.1. The van der Waals surface area contributed by atoms with E-state index in [2.05, 4.69) is 9.62 Å². The van der Waals surface area contributed by atoms with Crippen LogP contribution in [0.2, 0.25) is 0 Å². The fourth-order valence-corrected chi connectivity index (χ4v) is 2.53. The molecule has 0 aromatic carbocycles. The number of sulfonamides is 1. The summed E-state index contributed by atoms with van der Waals surface area (Å²) in [6.07, 6.45) is 2.25. The van der Waals surface area contributed by atoms with Gasteiger partial charge in [-0.3, -0.25) is 0 Å². The van der Waals surface area contributed by atoms with Crippen LogP contribution in [0.15, 0.2) is 0 Å². The molecular formula is C9H20N2O3S. The molecule has 1 aliphatic rings. The van der Waals surface area contributed by atoms with Gasteiger partial charge < -0.3 is 10.0 Å². The molecule has 0 saturated carbocycles. The SMILES string of the molecule is CNS(=O)(=O)CCCN1CCCC(O)C1. The van der Waals surface area contributed by atoms with Gasteiger partial charge in [0.2, 0.25) is 10.0 Å². The third kappa shape index (κ3) is 4.92. The van der Waals surface area contributed by atoms with Crippen LogP contribution >= 0.6 is 0 Å². The van der Waals surface area contributed by atoms with Gasteiger partial charge in [-0.1, -0.05) is 0 Å². The Morgan fingerprint density at radius 2 is 2.27 bits per heavy atom. The normalized spacial score (nSPS) is 24.3. The van der Waals surface area contributed by atoms with Crippen molar-refractivity contribution in [2.45, 2.75) is 25.4 Å². The third-order valence-corrected chi connectivity index (χ3v) is 4.13. The molecule has 0 radical (unpaired) electrons. The predicted molar refractivity (Wildman–Crippen MR) is 59.1 cm³/mol. The molecular weight excluding hydrogens is 216 g/mol. The zero-order chi connectivity index (χ0) is 11.3. The summed E-state index contributed by atoms with van der Waals surface area (Å²) < 4.78 is 24.5. The standard InChI is InChI=1S/C9H20N2O3S/c1-10-15(13,14)7-3-6-11-5-2-4-9(12)8-11/h9-10,12H,2-8H2,1H3. The average molecular weight is 236 g/mol. The molecule has 0 amide bonds. The monoisotopic (exact) mass is 236 g/mol. The Bertz CT molecular complexity index is 279. The lowest BCUT2D eigenvalue weighted by Crippen LogP contribution is -2.39. The molecule has 1 atom stereocenters. The molecule has 6 heteroatoms. The highest BCUT2D eigenvalue weighted by molar-refractivity contribution is 7.89. The van der Waals surface area contributed by atoms with Gasteiger partial charge in [0.25, 0.3) is 0 Å². The van der Waals surface area contributed by atoms with E-state index in [1.807, 2.05) is 0 Å². The minimum Gasteiger partial charge on any atom is -0.392 e. The van der Waals surface area contributed by atoms with Crippen LogP contribution in [0.5, 0.6) is 0 Å². The van der Waals surface area contributed by atoms with Crippen LogP contribution in [0, 0.1) is 0 Å². The zero-order valence-corrected chi connectivity index (χ0v) is 9.96. The van der Waals surface area contributed by atoms with Crippen LogP contribution < -0.4 is 4.72 Å². The summed E-state index contributed by atoms with van der Waals surface area (Å²) in [4.78, 5) is 2.12. The van der Waals surface area contributed by atoms with E-state index < -0.39 is 10.0 Å². The minimum absolute atomic E-state index is 0.163. The van der Waals surface area contributed by atoms with Gasteiger partial charge >= 0.3 is 0 Å². The molecule has 15 heavy (non-hydrogen) atoms. The maximum absolute atomic E-state index is 11.1. The quantitative estimate of drug-likeness (QED) is 0.667. The van der Waals surface area contributed by atoms with Gasteiger partial charge in [0.05, 0.1) is 11.9 Å². The summed E-state index contributed by atoms with van der Waals surface area (Å²) in [7, 11) is -1.64. The average Bonchev–Trinajstić information content (AvgIpc) is 2.18. The van der Waals surface area contributed by atoms with Crippen LogP contribution in [0.4, 0.5) is 0 Å². The molecule has 0 bridgehead atoms. The van der Waals surface area contributed by atoms with Gasteiger partial charge in [0, 0.05) is 6.54 Å². The summed E-state index contributed by atoms with van der Waals surface area (Å²) in [5.41, 5.74) is 0. The Labute approximate surface area is 91.5 Å². The molecule has 1 unspecified atom stereocenters. The van der Waals surface area contributed by atoms with Crippen molar-refractivity contribution in [3.05, 3.63) is 0 Å². The maximum Gasteiger partial charge on any atom is 0.211 e. The van der Waals surface area contributed by atoms with E-state index in [1.165, 1.54) is 7.05 Å². The van der Waals surface area contributed by atoms with E-state index in [4.69, 9.17) is 0 Å². The van der Waals surface area contributed by atoms with Gasteiger partial charge in [0.15, 0.2) is 0 Å². The molecule has 0 aromatic rings. The van der Waals surface area contributed by atoms with Crippen molar-refractivity contribution in [1.82, 2.24) is 9.62 Å². The lowest BCUT2D eigenvalue weighted by molar-refractivity contribution is 0.0709.